The minimum absolute atomic E-state index is 0.385. The zero-order chi connectivity index (χ0) is 13.2. The lowest BCUT2D eigenvalue weighted by molar-refractivity contribution is 0.298. The van der Waals surface area contributed by atoms with E-state index in [-0.39, 0.29) is 0 Å². The summed E-state index contributed by atoms with van der Waals surface area (Å²) in [5, 5.41) is 20.1. The van der Waals surface area contributed by atoms with Crippen LogP contribution in [0, 0.1) is 0 Å². The van der Waals surface area contributed by atoms with Crippen molar-refractivity contribution in [3.05, 3.63) is 41.2 Å². The number of hydrogen-bond donors (Lipinski definition) is 1. The largest absolute Gasteiger partial charge is 0.487 e. The van der Waals surface area contributed by atoms with Gasteiger partial charge in [-0.15, -0.1) is 5.10 Å². The molecule has 3 rings (SSSR count). The number of oxime groups is 1. The predicted molar refractivity (Wildman–Crippen MR) is 68.4 cm³/mol. The van der Waals surface area contributed by atoms with Crippen LogP contribution in [0.15, 0.2) is 29.6 Å². The molecule has 98 valence electrons. The first-order valence-corrected chi connectivity index (χ1v) is 6.09. The quantitative estimate of drug-likeness (QED) is 0.669. The maximum absolute atomic E-state index is 8.94. The van der Waals surface area contributed by atoms with E-state index < -0.39 is 0 Å². The average Bonchev–Trinajstić information content (AvgIpc) is 3.02. The molecule has 0 unspecified atom stereocenters. The molecule has 0 radical (unpaired) electrons. The molecule has 1 N–H and O–H groups in total. The van der Waals surface area contributed by atoms with Gasteiger partial charge in [0.1, 0.15) is 18.1 Å². The Kier molecular flexibility index (Phi) is 2.91. The molecule has 0 fully saturated rings. The standard InChI is InChI=1S/C13H14N4O2/c1-17-7-9(14-16-17)8-19-13-4-2-3-10-11(13)5-6-12(10)15-18/h2-4,7,18H,5-6,8H2,1H3/b15-12+. The van der Waals surface area contributed by atoms with Crippen LogP contribution in [-0.2, 0) is 20.1 Å². The van der Waals surface area contributed by atoms with Crippen LogP contribution in [0.2, 0.25) is 0 Å². The topological polar surface area (TPSA) is 72.5 Å². The van der Waals surface area contributed by atoms with Gasteiger partial charge in [0.05, 0.1) is 11.9 Å². The third-order valence-electron chi connectivity index (χ3n) is 3.20. The van der Waals surface area contributed by atoms with Crippen molar-refractivity contribution in [1.29, 1.82) is 0 Å². The van der Waals surface area contributed by atoms with Gasteiger partial charge in [-0.2, -0.15) is 0 Å². The first-order chi connectivity index (χ1) is 9.28. The maximum Gasteiger partial charge on any atom is 0.134 e. The van der Waals surface area contributed by atoms with Crippen molar-refractivity contribution in [3.8, 4) is 5.75 Å². The summed E-state index contributed by atoms with van der Waals surface area (Å²) >= 11 is 0. The molecule has 19 heavy (non-hydrogen) atoms. The molecular weight excluding hydrogens is 244 g/mol. The molecule has 1 heterocycles. The summed E-state index contributed by atoms with van der Waals surface area (Å²) in [6.45, 7) is 0.385. The fraction of sp³-hybridized carbons (Fsp3) is 0.308. The van der Waals surface area contributed by atoms with Crippen molar-refractivity contribution < 1.29 is 9.94 Å². The Bertz CT molecular complexity index is 633. The number of aryl methyl sites for hydroxylation is 1. The summed E-state index contributed by atoms with van der Waals surface area (Å²) in [6.07, 6.45) is 3.41. The van der Waals surface area contributed by atoms with Crippen molar-refractivity contribution in [2.45, 2.75) is 19.4 Å². The molecule has 1 aromatic carbocycles. The molecule has 0 aliphatic heterocycles. The zero-order valence-electron chi connectivity index (χ0n) is 10.6. The Hall–Kier alpha value is -2.37. The Morgan fingerprint density at radius 1 is 1.42 bits per heavy atom. The van der Waals surface area contributed by atoms with Gasteiger partial charge in [0.25, 0.3) is 0 Å². The summed E-state index contributed by atoms with van der Waals surface area (Å²) < 4.78 is 7.43. The average molecular weight is 258 g/mol. The van der Waals surface area contributed by atoms with Crippen molar-refractivity contribution in [2.24, 2.45) is 12.2 Å². The summed E-state index contributed by atoms with van der Waals surface area (Å²) in [5.41, 5.74) is 3.58. The molecule has 0 spiro atoms. The van der Waals surface area contributed by atoms with E-state index in [2.05, 4.69) is 15.5 Å². The summed E-state index contributed by atoms with van der Waals surface area (Å²) in [5.74, 6) is 0.821. The number of nitrogens with zero attached hydrogens (tertiary/aromatic N) is 4. The lowest BCUT2D eigenvalue weighted by Gasteiger charge is -2.08. The fourth-order valence-corrected chi connectivity index (χ4v) is 2.32. The third kappa shape index (κ3) is 2.16. The van der Waals surface area contributed by atoms with Gasteiger partial charge >= 0.3 is 0 Å². The van der Waals surface area contributed by atoms with Crippen LogP contribution < -0.4 is 4.74 Å². The summed E-state index contributed by atoms with van der Waals surface area (Å²) in [6, 6.07) is 5.78. The third-order valence-corrected chi connectivity index (χ3v) is 3.20. The minimum Gasteiger partial charge on any atom is -0.487 e. The molecule has 0 saturated heterocycles. The van der Waals surface area contributed by atoms with Gasteiger partial charge in [-0.3, -0.25) is 4.68 Å². The SMILES string of the molecule is Cn1cc(COc2cccc3c2CC/C3=N\O)nn1. The van der Waals surface area contributed by atoms with Crippen molar-refractivity contribution in [3.63, 3.8) is 0 Å². The molecule has 6 heteroatoms. The number of rotatable bonds is 3. The van der Waals surface area contributed by atoms with Gasteiger partial charge in [0, 0.05) is 18.2 Å². The van der Waals surface area contributed by atoms with Gasteiger partial charge in [0.15, 0.2) is 0 Å². The second-order valence-electron chi connectivity index (χ2n) is 4.50. The summed E-state index contributed by atoms with van der Waals surface area (Å²) in [4.78, 5) is 0. The van der Waals surface area contributed by atoms with Crippen LogP contribution in [0.25, 0.3) is 0 Å². The van der Waals surface area contributed by atoms with Crippen LogP contribution in [0.3, 0.4) is 0 Å². The van der Waals surface area contributed by atoms with Crippen LogP contribution in [-0.4, -0.2) is 25.9 Å². The van der Waals surface area contributed by atoms with Crippen molar-refractivity contribution in [2.75, 3.05) is 0 Å². The van der Waals surface area contributed by atoms with Gasteiger partial charge in [-0.1, -0.05) is 22.5 Å². The zero-order valence-corrected chi connectivity index (χ0v) is 10.6. The first kappa shape index (κ1) is 11.7. The van der Waals surface area contributed by atoms with E-state index >= 15 is 0 Å². The molecule has 1 aliphatic rings. The predicted octanol–water partition coefficient (Wildman–Crippen LogP) is 1.52. The van der Waals surface area contributed by atoms with Crippen LogP contribution in [0.4, 0.5) is 0 Å². The second kappa shape index (κ2) is 4.72. The van der Waals surface area contributed by atoms with E-state index in [1.807, 2.05) is 31.4 Å². The molecule has 0 atom stereocenters. The van der Waals surface area contributed by atoms with Crippen molar-refractivity contribution in [1.82, 2.24) is 15.0 Å². The van der Waals surface area contributed by atoms with Gasteiger partial charge in [-0.25, -0.2) is 0 Å². The first-order valence-electron chi connectivity index (χ1n) is 6.09. The van der Waals surface area contributed by atoms with E-state index in [4.69, 9.17) is 9.94 Å². The fourth-order valence-electron chi connectivity index (χ4n) is 2.32. The Morgan fingerprint density at radius 3 is 3.05 bits per heavy atom. The number of benzene rings is 1. The highest BCUT2D eigenvalue weighted by Crippen LogP contribution is 2.31. The van der Waals surface area contributed by atoms with E-state index in [0.29, 0.717) is 6.61 Å². The molecule has 0 bridgehead atoms. The molecule has 6 nitrogen and oxygen atoms in total. The Morgan fingerprint density at radius 2 is 2.32 bits per heavy atom. The number of aromatic nitrogens is 3. The number of hydrogen-bond acceptors (Lipinski definition) is 5. The molecular formula is C13H14N4O2. The molecule has 1 aliphatic carbocycles. The minimum atomic E-state index is 0.385. The normalized spacial score (nSPS) is 15.7. The Labute approximate surface area is 110 Å². The highest BCUT2D eigenvalue weighted by atomic mass is 16.5. The van der Waals surface area contributed by atoms with E-state index in [9.17, 15) is 0 Å². The van der Waals surface area contributed by atoms with Crippen LogP contribution in [0.1, 0.15) is 23.2 Å². The maximum atomic E-state index is 8.94. The highest BCUT2D eigenvalue weighted by Gasteiger charge is 2.21. The second-order valence-corrected chi connectivity index (χ2v) is 4.50. The Balaban J connectivity index is 1.81. The van der Waals surface area contributed by atoms with Gasteiger partial charge in [0.2, 0.25) is 0 Å². The van der Waals surface area contributed by atoms with Gasteiger partial charge in [-0.05, 0) is 18.9 Å². The summed E-state index contributed by atoms with van der Waals surface area (Å²) in [7, 11) is 1.82. The van der Waals surface area contributed by atoms with Crippen LogP contribution in [0.5, 0.6) is 5.75 Å². The monoisotopic (exact) mass is 258 g/mol. The highest BCUT2D eigenvalue weighted by molar-refractivity contribution is 6.04. The van der Waals surface area contributed by atoms with E-state index in [1.54, 1.807) is 4.68 Å². The van der Waals surface area contributed by atoms with Gasteiger partial charge < -0.3 is 9.94 Å². The lowest BCUT2D eigenvalue weighted by atomic mass is 10.1. The molecule has 0 saturated carbocycles. The number of ether oxygens (including phenoxy) is 1. The van der Waals surface area contributed by atoms with Crippen LogP contribution >= 0.6 is 0 Å². The molecule has 0 amide bonds. The van der Waals surface area contributed by atoms with E-state index in [0.717, 1.165) is 41.1 Å². The smallest absolute Gasteiger partial charge is 0.134 e. The molecule has 1 aromatic heterocycles. The van der Waals surface area contributed by atoms with E-state index in [1.165, 1.54) is 0 Å². The molecule has 2 aromatic rings. The van der Waals surface area contributed by atoms with Crippen molar-refractivity contribution >= 4 is 5.71 Å². The number of fused-ring (bicyclic) bond motifs is 1. The lowest BCUT2D eigenvalue weighted by Crippen LogP contribution is -1.99.